The minimum atomic E-state index is -0.224. The van der Waals surface area contributed by atoms with Crippen LogP contribution >= 0.6 is 0 Å². The highest BCUT2D eigenvalue weighted by Crippen LogP contribution is 2.25. The van der Waals surface area contributed by atoms with Gasteiger partial charge in [-0.2, -0.15) is 0 Å². The molecule has 1 aliphatic rings. The van der Waals surface area contributed by atoms with E-state index >= 15 is 0 Å². The summed E-state index contributed by atoms with van der Waals surface area (Å²) in [6, 6.07) is 1.63. The molecule has 2 atom stereocenters. The predicted octanol–water partition coefficient (Wildman–Crippen LogP) is -0.276. The molecule has 1 aromatic rings. The van der Waals surface area contributed by atoms with E-state index in [1.54, 1.807) is 6.07 Å². The zero-order valence-corrected chi connectivity index (χ0v) is 9.36. The lowest BCUT2D eigenvalue weighted by Gasteiger charge is -2.13. The summed E-state index contributed by atoms with van der Waals surface area (Å²) in [5.74, 6) is 2.66. The van der Waals surface area contributed by atoms with E-state index in [0.29, 0.717) is 11.1 Å². The van der Waals surface area contributed by atoms with E-state index in [9.17, 15) is 4.79 Å². The van der Waals surface area contributed by atoms with Gasteiger partial charge in [-0.1, -0.05) is 5.92 Å². The Morgan fingerprint density at radius 3 is 2.94 bits per heavy atom. The lowest BCUT2D eigenvalue weighted by Crippen LogP contribution is -2.30. The molecule has 17 heavy (non-hydrogen) atoms. The van der Waals surface area contributed by atoms with Crippen molar-refractivity contribution in [2.75, 3.05) is 12.3 Å². The van der Waals surface area contributed by atoms with E-state index in [4.69, 9.17) is 17.3 Å². The molecule has 1 aliphatic heterocycles. The summed E-state index contributed by atoms with van der Waals surface area (Å²) in [7, 11) is 0. The van der Waals surface area contributed by atoms with Gasteiger partial charge in [-0.05, 0) is 18.9 Å². The van der Waals surface area contributed by atoms with E-state index < -0.39 is 0 Å². The quantitative estimate of drug-likeness (QED) is 0.529. The first kappa shape index (κ1) is 11.7. The van der Waals surface area contributed by atoms with Crippen LogP contribution < -0.4 is 16.6 Å². The fraction of sp³-hybridized carbons (Fsp3) is 0.417. The van der Waals surface area contributed by atoms with Gasteiger partial charge in [-0.25, -0.2) is 0 Å². The topological polar surface area (TPSA) is 91.1 Å². The summed E-state index contributed by atoms with van der Waals surface area (Å²) in [5.41, 5.74) is 6.45. The monoisotopic (exact) mass is 233 g/mol. The van der Waals surface area contributed by atoms with Crippen molar-refractivity contribution in [3.8, 4) is 12.3 Å². The van der Waals surface area contributed by atoms with Crippen molar-refractivity contribution in [2.45, 2.75) is 24.9 Å². The highest BCUT2D eigenvalue weighted by molar-refractivity contribution is 5.51. The van der Waals surface area contributed by atoms with Crippen molar-refractivity contribution < 1.29 is 5.11 Å². The van der Waals surface area contributed by atoms with Gasteiger partial charge in [0.25, 0.3) is 5.56 Å². The lowest BCUT2D eigenvalue weighted by atomic mass is 10.0. The Bertz CT molecular complexity index is 515. The molecule has 5 heteroatoms. The van der Waals surface area contributed by atoms with Crippen LogP contribution in [0.4, 0.5) is 5.82 Å². The molecule has 1 saturated heterocycles. The van der Waals surface area contributed by atoms with E-state index in [-0.39, 0.29) is 30.1 Å². The number of terminal acetylenes is 1. The number of anilines is 1. The summed E-state index contributed by atoms with van der Waals surface area (Å²) in [6.45, 7) is 0.0748. The number of aliphatic hydroxyl groups is 1. The molecule has 2 rings (SSSR count). The van der Waals surface area contributed by atoms with Gasteiger partial charge in [0.15, 0.2) is 0 Å². The van der Waals surface area contributed by atoms with Crippen molar-refractivity contribution in [3.05, 3.63) is 27.5 Å². The van der Waals surface area contributed by atoms with Gasteiger partial charge in [0.05, 0.1) is 12.2 Å². The van der Waals surface area contributed by atoms with Crippen molar-refractivity contribution in [2.24, 2.45) is 0 Å². The van der Waals surface area contributed by atoms with E-state index in [0.717, 1.165) is 12.8 Å². The highest BCUT2D eigenvalue weighted by Gasteiger charge is 2.26. The number of hydrogen-bond acceptors (Lipinski definition) is 4. The molecule has 0 radical (unpaired) electrons. The number of nitrogens with one attached hydrogen (secondary N) is 2. The average molecular weight is 233 g/mol. The third kappa shape index (κ3) is 2.18. The number of pyridine rings is 1. The Morgan fingerprint density at radius 2 is 2.35 bits per heavy atom. The largest absolute Gasteiger partial charge is 0.395 e. The van der Waals surface area contributed by atoms with Crippen LogP contribution in [0.3, 0.4) is 0 Å². The Morgan fingerprint density at radius 1 is 1.59 bits per heavy atom. The number of aromatic nitrogens is 1. The second-order valence-electron chi connectivity index (χ2n) is 4.20. The molecule has 0 saturated carbocycles. The van der Waals surface area contributed by atoms with Crippen molar-refractivity contribution in [1.82, 2.24) is 10.3 Å². The van der Waals surface area contributed by atoms with E-state index in [1.807, 2.05) is 0 Å². The Kier molecular flexibility index (Phi) is 3.18. The molecular weight excluding hydrogens is 218 g/mol. The smallest absolute Gasteiger partial charge is 0.254 e. The van der Waals surface area contributed by atoms with Crippen LogP contribution in [0.15, 0.2) is 10.9 Å². The normalized spacial score (nSPS) is 23.5. The molecule has 0 amide bonds. The number of aliphatic hydroxyl groups excluding tert-OH is 1. The molecule has 0 aliphatic carbocycles. The van der Waals surface area contributed by atoms with Crippen LogP contribution in [-0.2, 0) is 0 Å². The third-order valence-electron chi connectivity index (χ3n) is 3.09. The van der Waals surface area contributed by atoms with Crippen LogP contribution in [0.1, 0.15) is 30.0 Å². The fourth-order valence-electron chi connectivity index (χ4n) is 2.15. The molecule has 0 spiro atoms. The number of nitrogen functional groups attached to an aromatic ring is 1. The molecule has 0 bridgehead atoms. The number of H-pyrrole nitrogens is 1. The second-order valence-corrected chi connectivity index (χ2v) is 4.20. The minimum absolute atomic E-state index is 0.0474. The number of hydrogen-bond donors (Lipinski definition) is 4. The molecule has 2 unspecified atom stereocenters. The Balaban J connectivity index is 2.34. The number of rotatable bonds is 2. The van der Waals surface area contributed by atoms with Gasteiger partial charge in [-0.3, -0.25) is 4.79 Å². The highest BCUT2D eigenvalue weighted by atomic mass is 16.3. The van der Waals surface area contributed by atoms with Gasteiger partial charge < -0.3 is 21.1 Å². The van der Waals surface area contributed by atoms with Gasteiger partial charge in [0.1, 0.15) is 5.82 Å². The van der Waals surface area contributed by atoms with Gasteiger partial charge >= 0.3 is 0 Å². The molecule has 5 N–H and O–H groups in total. The first-order chi connectivity index (χ1) is 8.15. The summed E-state index contributed by atoms with van der Waals surface area (Å²) in [6.07, 6.45) is 6.96. The Hall–Kier alpha value is -1.77. The first-order valence-electron chi connectivity index (χ1n) is 5.52. The number of nitrogens with two attached hydrogens (primary N) is 1. The van der Waals surface area contributed by atoms with Gasteiger partial charge in [0.2, 0.25) is 0 Å². The second kappa shape index (κ2) is 4.62. The van der Waals surface area contributed by atoms with Crippen molar-refractivity contribution >= 4 is 5.82 Å². The minimum Gasteiger partial charge on any atom is -0.395 e. The van der Waals surface area contributed by atoms with Gasteiger partial charge in [0, 0.05) is 17.6 Å². The van der Waals surface area contributed by atoms with Crippen LogP contribution in [-0.4, -0.2) is 22.7 Å². The van der Waals surface area contributed by atoms with Crippen LogP contribution in [0, 0.1) is 12.3 Å². The number of aromatic amines is 1. The summed E-state index contributed by atoms with van der Waals surface area (Å²) < 4.78 is 0. The fourth-order valence-corrected chi connectivity index (χ4v) is 2.15. The maximum atomic E-state index is 11.8. The molecule has 5 nitrogen and oxygen atoms in total. The zero-order chi connectivity index (χ0) is 12.4. The van der Waals surface area contributed by atoms with Crippen LogP contribution in [0.25, 0.3) is 0 Å². The zero-order valence-electron chi connectivity index (χ0n) is 9.36. The molecule has 1 fully saturated rings. The molecule has 2 heterocycles. The predicted molar refractivity (Wildman–Crippen MR) is 65.4 cm³/mol. The maximum absolute atomic E-state index is 11.8. The maximum Gasteiger partial charge on any atom is 0.254 e. The molecule has 1 aromatic heterocycles. The van der Waals surface area contributed by atoms with Gasteiger partial charge in [-0.15, -0.1) is 6.42 Å². The Labute approximate surface area is 99.0 Å². The van der Waals surface area contributed by atoms with Crippen molar-refractivity contribution in [1.29, 1.82) is 0 Å². The summed E-state index contributed by atoms with van der Waals surface area (Å²) in [4.78, 5) is 14.3. The average Bonchev–Trinajstić information content (AvgIpc) is 2.78. The molecule has 0 aromatic carbocycles. The SMILES string of the molecule is C#Cc1cc(C2CCC(CO)N2)c(=O)[nH]c1N. The van der Waals surface area contributed by atoms with E-state index in [2.05, 4.69) is 16.2 Å². The third-order valence-corrected chi connectivity index (χ3v) is 3.09. The van der Waals surface area contributed by atoms with Crippen LogP contribution in [0.2, 0.25) is 0 Å². The molecule has 90 valence electrons. The standard InChI is InChI=1S/C12H15N3O2/c1-2-7-5-9(12(17)15-11(7)13)10-4-3-8(6-16)14-10/h1,5,8,10,14,16H,3-4,6H2,(H3,13,15,17). The van der Waals surface area contributed by atoms with Crippen LogP contribution in [0.5, 0.6) is 0 Å². The lowest BCUT2D eigenvalue weighted by molar-refractivity contribution is 0.251. The van der Waals surface area contributed by atoms with E-state index in [1.165, 1.54) is 0 Å². The summed E-state index contributed by atoms with van der Waals surface area (Å²) in [5, 5.41) is 12.2. The summed E-state index contributed by atoms with van der Waals surface area (Å²) >= 11 is 0. The first-order valence-corrected chi connectivity index (χ1v) is 5.52. The molecular formula is C12H15N3O2. The van der Waals surface area contributed by atoms with Crippen molar-refractivity contribution in [3.63, 3.8) is 0 Å².